The fraction of sp³-hybridized carbons (Fsp3) is 0. The highest BCUT2D eigenvalue weighted by Gasteiger charge is 2.31. The maximum Gasteiger partial charge on any atom is 0.143 e. The van der Waals surface area contributed by atoms with E-state index >= 15 is 0 Å². The van der Waals surface area contributed by atoms with Crippen molar-refractivity contribution in [3.05, 3.63) is 279 Å². The lowest BCUT2D eigenvalue weighted by atomic mass is 9.93. The van der Waals surface area contributed by atoms with Crippen molar-refractivity contribution in [3.63, 3.8) is 0 Å². The molecule has 15 rings (SSSR count). The maximum absolute atomic E-state index is 7.08. The Bertz CT molecular complexity index is 4650. The van der Waals surface area contributed by atoms with E-state index in [0.717, 1.165) is 105 Å². The Balaban J connectivity index is 1.12. The van der Waals surface area contributed by atoms with Gasteiger partial charge in [-0.2, -0.15) is 0 Å². The van der Waals surface area contributed by atoms with E-state index in [-0.39, 0.29) is 0 Å². The van der Waals surface area contributed by atoms with Crippen LogP contribution in [0.1, 0.15) is 0 Å². The summed E-state index contributed by atoms with van der Waals surface area (Å²) in [5.41, 5.74) is 15.2. The molecular formula is C72H46N2O. The highest BCUT2D eigenvalue weighted by molar-refractivity contribution is 6.31. The van der Waals surface area contributed by atoms with Crippen molar-refractivity contribution in [1.29, 1.82) is 0 Å². The summed E-state index contributed by atoms with van der Waals surface area (Å²) in [7, 11) is 0. The molecule has 0 saturated carbocycles. The number of benzene rings is 12. The average molecular weight is 955 g/mol. The van der Waals surface area contributed by atoms with Crippen molar-refractivity contribution in [2.45, 2.75) is 0 Å². The summed E-state index contributed by atoms with van der Waals surface area (Å²) in [5, 5.41) is 13.6. The normalized spacial score (nSPS) is 12.0. The van der Waals surface area contributed by atoms with E-state index in [9.17, 15) is 0 Å². The monoisotopic (exact) mass is 954 g/mol. The van der Waals surface area contributed by atoms with Gasteiger partial charge in [-0.3, -0.25) is 0 Å². The molecule has 0 radical (unpaired) electrons. The Hall–Kier alpha value is -9.96. The van der Waals surface area contributed by atoms with Gasteiger partial charge in [0.1, 0.15) is 11.2 Å². The molecule has 1 aromatic heterocycles. The van der Waals surface area contributed by atoms with Gasteiger partial charge in [-0.25, -0.2) is 0 Å². The topological polar surface area (TPSA) is 19.6 Å². The summed E-state index contributed by atoms with van der Waals surface area (Å²) in [5.74, 6) is 0. The lowest BCUT2D eigenvalue weighted by molar-refractivity contribution is 0.673. The van der Waals surface area contributed by atoms with Crippen LogP contribution in [0.15, 0.2) is 283 Å². The van der Waals surface area contributed by atoms with Crippen LogP contribution >= 0.6 is 0 Å². The molecule has 0 bridgehead atoms. The van der Waals surface area contributed by atoms with Gasteiger partial charge in [0, 0.05) is 44.3 Å². The number of hydrogen-bond donors (Lipinski definition) is 0. The van der Waals surface area contributed by atoms with E-state index in [2.05, 4.69) is 289 Å². The Morgan fingerprint density at radius 2 is 0.760 bits per heavy atom. The van der Waals surface area contributed by atoms with Gasteiger partial charge < -0.3 is 14.2 Å². The quantitative estimate of drug-likeness (QED) is 0.171. The second-order valence-electron chi connectivity index (χ2n) is 19.5. The van der Waals surface area contributed by atoms with Gasteiger partial charge in [0.25, 0.3) is 0 Å². The first-order chi connectivity index (χ1) is 37.2. The summed E-state index contributed by atoms with van der Waals surface area (Å²) < 4.78 is 7.08. The van der Waals surface area contributed by atoms with E-state index in [0.29, 0.717) is 0 Å². The van der Waals surface area contributed by atoms with Gasteiger partial charge in [-0.15, -0.1) is 0 Å². The van der Waals surface area contributed by atoms with E-state index in [1.807, 2.05) is 0 Å². The van der Waals surface area contributed by atoms with Gasteiger partial charge in [0.15, 0.2) is 0 Å². The molecular weight excluding hydrogens is 909 g/mol. The van der Waals surface area contributed by atoms with Crippen LogP contribution in [0.25, 0.3) is 109 Å². The molecule has 0 N–H and O–H groups in total. The van der Waals surface area contributed by atoms with Crippen LogP contribution < -0.4 is 9.80 Å². The molecule has 0 atom stereocenters. The van der Waals surface area contributed by atoms with Crippen molar-refractivity contribution in [1.82, 2.24) is 0 Å². The summed E-state index contributed by atoms with van der Waals surface area (Å²) in [6.07, 6.45) is 0. The molecule has 3 heteroatoms. The molecule has 0 fully saturated rings. The third-order valence-corrected chi connectivity index (χ3v) is 15.4. The first-order valence-electron chi connectivity index (χ1n) is 25.7. The standard InChI is InChI=1S/C72H46N2O/c1-3-20-47(21-4-1)48-38-40-50(41-39-48)73(68-36-19-34-64-58-30-12-11-28-56(58)60-31-15-17-35-67(60)74(71(64)68)49-22-5-2-6-23-49)51-42-43-59-55-27-10-8-25-53(55)52-24-7-9-26-54(52)57-29-13-14-33-62(57)70-63(66(59)46-51)44-45-65-61-32-16-18-37-69(61)75-72(65)70/h1-46H. The minimum absolute atomic E-state index is 0.871. The Kier molecular flexibility index (Phi) is 9.89. The Morgan fingerprint density at radius 1 is 0.293 bits per heavy atom. The van der Waals surface area contributed by atoms with Crippen LogP contribution in [0.3, 0.4) is 0 Å². The van der Waals surface area contributed by atoms with E-state index in [1.165, 1.54) is 38.4 Å². The number of hydrogen-bond acceptors (Lipinski definition) is 3. The van der Waals surface area contributed by atoms with Gasteiger partial charge in [-0.1, -0.05) is 218 Å². The zero-order valence-electron chi connectivity index (χ0n) is 40.9. The van der Waals surface area contributed by atoms with Crippen LogP contribution in [-0.4, -0.2) is 0 Å². The smallest absolute Gasteiger partial charge is 0.143 e. The van der Waals surface area contributed by atoms with E-state index in [1.54, 1.807) is 0 Å². The summed E-state index contributed by atoms with van der Waals surface area (Å²) >= 11 is 0. The second kappa shape index (κ2) is 17.4. The fourth-order valence-electron chi connectivity index (χ4n) is 12.1. The van der Waals surface area contributed by atoms with Crippen LogP contribution in [0.5, 0.6) is 0 Å². The highest BCUT2D eigenvalue weighted by atomic mass is 16.3. The average Bonchev–Trinajstić information content (AvgIpc) is 3.82. The largest absolute Gasteiger partial charge is 0.455 e. The fourth-order valence-corrected chi connectivity index (χ4v) is 12.1. The highest BCUT2D eigenvalue weighted by Crippen LogP contribution is 2.56. The van der Waals surface area contributed by atoms with Crippen molar-refractivity contribution < 1.29 is 4.42 Å². The predicted molar refractivity (Wildman–Crippen MR) is 318 cm³/mol. The predicted octanol–water partition coefficient (Wildman–Crippen LogP) is 20.7. The molecule has 0 aliphatic carbocycles. The number of anilines is 6. The van der Waals surface area contributed by atoms with E-state index in [4.69, 9.17) is 4.42 Å². The number of rotatable bonds is 5. The van der Waals surface area contributed by atoms with Crippen molar-refractivity contribution in [3.8, 4) is 33.4 Å². The third-order valence-electron chi connectivity index (χ3n) is 15.4. The number of para-hydroxylation sites is 4. The first kappa shape index (κ1) is 42.7. The lowest BCUT2D eigenvalue weighted by Crippen LogP contribution is -2.17. The van der Waals surface area contributed by atoms with Crippen LogP contribution in [0.2, 0.25) is 0 Å². The first-order valence-corrected chi connectivity index (χ1v) is 25.7. The van der Waals surface area contributed by atoms with E-state index < -0.39 is 0 Å². The summed E-state index contributed by atoms with van der Waals surface area (Å²) in [6, 6.07) is 102. The molecule has 13 aromatic carbocycles. The molecule has 14 aromatic rings. The molecule has 0 unspecified atom stereocenters. The molecule has 1 aliphatic rings. The van der Waals surface area contributed by atoms with Gasteiger partial charge in [0.05, 0.1) is 17.1 Å². The second-order valence-corrected chi connectivity index (χ2v) is 19.5. The molecule has 0 amide bonds. The number of fused-ring (bicyclic) bond motifs is 19. The van der Waals surface area contributed by atoms with Crippen LogP contribution in [0, 0.1) is 0 Å². The van der Waals surface area contributed by atoms with Crippen molar-refractivity contribution >= 4 is 110 Å². The molecule has 2 heterocycles. The molecule has 350 valence electrons. The molecule has 75 heavy (non-hydrogen) atoms. The zero-order valence-corrected chi connectivity index (χ0v) is 40.9. The van der Waals surface area contributed by atoms with Crippen LogP contribution in [-0.2, 0) is 0 Å². The maximum atomic E-state index is 7.08. The van der Waals surface area contributed by atoms with Crippen LogP contribution in [0.4, 0.5) is 34.1 Å². The third kappa shape index (κ3) is 6.83. The Labute approximate surface area is 434 Å². The SMILES string of the molecule is c1ccc(-c2ccc(N(c3ccc4c5ccccc5c5ccccc5c5ccccc5c5c(ccc6c7ccccc7oc65)c4c3)c3cccc4c3N(c3ccccc3)c3ccccc3-c3ccccc3-4)cc2)cc1. The van der Waals surface area contributed by atoms with Gasteiger partial charge in [-0.05, 0) is 131 Å². The number of nitrogens with zero attached hydrogens (tertiary/aromatic N) is 2. The molecule has 3 nitrogen and oxygen atoms in total. The zero-order chi connectivity index (χ0) is 49.4. The lowest BCUT2D eigenvalue weighted by Gasteiger charge is -2.34. The van der Waals surface area contributed by atoms with Gasteiger partial charge in [0.2, 0.25) is 0 Å². The molecule has 0 saturated heterocycles. The minimum Gasteiger partial charge on any atom is -0.455 e. The summed E-state index contributed by atoms with van der Waals surface area (Å²) in [4.78, 5) is 4.96. The number of furan rings is 1. The molecule has 1 aliphatic heterocycles. The molecule has 0 spiro atoms. The Morgan fingerprint density at radius 3 is 1.45 bits per heavy atom. The summed E-state index contributed by atoms with van der Waals surface area (Å²) in [6.45, 7) is 0. The van der Waals surface area contributed by atoms with Gasteiger partial charge >= 0.3 is 0 Å². The van der Waals surface area contributed by atoms with Crippen molar-refractivity contribution in [2.75, 3.05) is 9.80 Å². The van der Waals surface area contributed by atoms with Crippen molar-refractivity contribution in [2.24, 2.45) is 0 Å². The minimum atomic E-state index is 0.871.